The van der Waals surface area contributed by atoms with Crippen molar-refractivity contribution in [2.75, 3.05) is 13.7 Å². The first-order valence-electron chi connectivity index (χ1n) is 11.4. The van der Waals surface area contributed by atoms with E-state index in [1.807, 2.05) is 12.1 Å². The third-order valence-corrected chi connectivity index (χ3v) is 8.06. The molecule has 3 rings (SSSR count). The molecule has 7 nitrogen and oxygen atoms in total. The maximum absolute atomic E-state index is 13.1. The Balaban J connectivity index is 1.87. The van der Waals surface area contributed by atoms with Gasteiger partial charge in [0.15, 0.2) is 17.3 Å². The van der Waals surface area contributed by atoms with E-state index in [4.69, 9.17) is 37.4 Å². The minimum absolute atomic E-state index is 0.132. The second-order valence-electron chi connectivity index (χ2n) is 8.01. The first-order valence-corrected chi connectivity index (χ1v) is 13.8. The van der Waals surface area contributed by atoms with Gasteiger partial charge in [-0.25, -0.2) is 4.79 Å². The highest BCUT2D eigenvalue weighted by Gasteiger charge is 2.24. The number of carbonyl (C=O) groups is 2. The lowest BCUT2D eigenvalue weighted by atomic mass is 10.0. The largest absolute Gasteiger partial charge is 0.493 e. The quantitative estimate of drug-likeness (QED) is 0.127. The van der Waals surface area contributed by atoms with Crippen molar-refractivity contribution in [2.45, 2.75) is 26.9 Å². The number of hydrogen-bond acceptors (Lipinski definition) is 8. The lowest BCUT2D eigenvalue weighted by molar-refractivity contribution is -0.114. The molecule has 0 aliphatic rings. The van der Waals surface area contributed by atoms with Crippen molar-refractivity contribution in [3.05, 3.63) is 82.4 Å². The summed E-state index contributed by atoms with van der Waals surface area (Å²) in [6.45, 7) is 3.65. The van der Waals surface area contributed by atoms with Crippen molar-refractivity contribution in [1.29, 1.82) is 10.5 Å². The van der Waals surface area contributed by atoms with Gasteiger partial charge in [0, 0.05) is 31.4 Å². The molecule has 0 amide bonds. The van der Waals surface area contributed by atoms with Crippen LogP contribution in [0.4, 0.5) is 0 Å². The maximum Gasteiger partial charge on any atom is 0.348 e. The van der Waals surface area contributed by atoms with Gasteiger partial charge in [0.1, 0.15) is 23.6 Å². The number of benzene rings is 2. The Morgan fingerprint density at radius 3 is 2.51 bits per heavy atom. The van der Waals surface area contributed by atoms with Gasteiger partial charge in [-0.2, -0.15) is 10.5 Å². The Labute approximate surface area is 248 Å². The van der Waals surface area contributed by atoms with Crippen LogP contribution in [0.1, 0.15) is 43.7 Å². The molecule has 200 valence electrons. The fourth-order valence-corrected chi connectivity index (χ4v) is 5.58. The summed E-state index contributed by atoms with van der Waals surface area (Å²) < 4.78 is 17.0. The molecule has 0 spiro atoms. The molecule has 0 saturated carbocycles. The number of thiophene rings is 1. The fourth-order valence-electron chi connectivity index (χ4n) is 3.54. The topological polar surface area (TPSA) is 109 Å². The van der Waals surface area contributed by atoms with E-state index in [2.05, 4.69) is 15.9 Å². The number of halogens is 3. The monoisotopic (exact) mass is 646 g/mol. The Kier molecular flexibility index (Phi) is 10.6. The van der Waals surface area contributed by atoms with E-state index in [0.717, 1.165) is 16.9 Å². The van der Waals surface area contributed by atoms with Crippen molar-refractivity contribution in [3.8, 4) is 23.6 Å². The molecule has 1 heterocycles. The van der Waals surface area contributed by atoms with Gasteiger partial charge in [-0.3, -0.25) is 4.79 Å². The summed E-state index contributed by atoms with van der Waals surface area (Å²) in [5.74, 6) is -0.271. The number of hydrogen-bond donors (Lipinski definition) is 0. The Bertz CT molecular complexity index is 1550. The molecule has 0 saturated heterocycles. The predicted molar refractivity (Wildman–Crippen MR) is 154 cm³/mol. The zero-order valence-electron chi connectivity index (χ0n) is 21.1. The first-order chi connectivity index (χ1) is 18.6. The number of esters is 1. The summed E-state index contributed by atoms with van der Waals surface area (Å²) in [5, 5.41) is 20.3. The molecular formula is C28H21BrCl2N2O5S. The van der Waals surface area contributed by atoms with Gasteiger partial charge in [-0.05, 0) is 55.3 Å². The number of nitrogens with zero attached hydrogens (tertiary/aromatic N) is 2. The molecular weight excluding hydrogens is 627 g/mol. The number of allylic oxidation sites excluding steroid dienone is 1. The van der Waals surface area contributed by atoms with Crippen LogP contribution >= 0.6 is 50.5 Å². The third kappa shape index (κ3) is 7.20. The van der Waals surface area contributed by atoms with Gasteiger partial charge in [0.2, 0.25) is 0 Å². The van der Waals surface area contributed by atoms with E-state index in [-0.39, 0.29) is 35.6 Å². The van der Waals surface area contributed by atoms with Gasteiger partial charge < -0.3 is 14.2 Å². The Hall–Kier alpha value is -3.34. The number of nitriles is 2. The molecule has 0 radical (unpaired) electrons. The Morgan fingerprint density at radius 1 is 1.15 bits per heavy atom. The Morgan fingerprint density at radius 2 is 1.90 bits per heavy atom. The van der Waals surface area contributed by atoms with E-state index >= 15 is 0 Å². The lowest BCUT2D eigenvalue weighted by Gasteiger charge is -2.14. The van der Waals surface area contributed by atoms with Crippen molar-refractivity contribution in [3.63, 3.8) is 0 Å². The van der Waals surface area contributed by atoms with Gasteiger partial charge in [-0.15, -0.1) is 11.3 Å². The molecule has 39 heavy (non-hydrogen) atoms. The average molecular weight is 648 g/mol. The molecule has 0 unspecified atom stereocenters. The van der Waals surface area contributed by atoms with Crippen molar-refractivity contribution < 1.29 is 23.8 Å². The first kappa shape index (κ1) is 30.2. The highest BCUT2D eigenvalue weighted by molar-refractivity contribution is 9.10. The predicted octanol–water partition coefficient (Wildman–Crippen LogP) is 7.48. The molecule has 0 aliphatic carbocycles. The van der Waals surface area contributed by atoms with Crippen LogP contribution in [-0.2, 0) is 22.6 Å². The number of Topliss-reactive ketones (excluding diaryl/α,β-unsaturated/α-hetero) is 1. The van der Waals surface area contributed by atoms with Gasteiger partial charge in [0.05, 0.1) is 24.9 Å². The van der Waals surface area contributed by atoms with Crippen LogP contribution in [0.2, 0.25) is 10.0 Å². The van der Waals surface area contributed by atoms with Gasteiger partial charge >= 0.3 is 5.97 Å². The van der Waals surface area contributed by atoms with Crippen LogP contribution in [0.15, 0.2) is 40.4 Å². The van der Waals surface area contributed by atoms with E-state index in [0.29, 0.717) is 42.0 Å². The second-order valence-corrected chi connectivity index (χ2v) is 10.8. The zero-order chi connectivity index (χ0) is 28.7. The standard InChI is InChI=1S/C28H21BrCl2N2O5S/c1-4-37-28(35)27-15(2)20(13-33)26(39-27)11-23(34)18(12-32)7-17-8-24(36-3)25(10-21(17)29)38-14-16-5-6-19(30)9-22(16)31/h5-10H,4,11,14H2,1-3H3/b18-7+. The van der Waals surface area contributed by atoms with Gasteiger partial charge in [-0.1, -0.05) is 45.2 Å². The van der Waals surface area contributed by atoms with Crippen LogP contribution < -0.4 is 9.47 Å². The summed E-state index contributed by atoms with van der Waals surface area (Å²) in [7, 11) is 1.47. The van der Waals surface area contributed by atoms with E-state index in [9.17, 15) is 20.1 Å². The summed E-state index contributed by atoms with van der Waals surface area (Å²) in [5.41, 5.74) is 1.79. The molecule has 3 aromatic rings. The van der Waals surface area contributed by atoms with Crippen molar-refractivity contribution >= 4 is 68.3 Å². The minimum atomic E-state index is -0.553. The zero-order valence-corrected chi connectivity index (χ0v) is 25.0. The average Bonchev–Trinajstić information content (AvgIpc) is 3.22. The van der Waals surface area contributed by atoms with Crippen LogP contribution in [0.5, 0.6) is 11.5 Å². The molecule has 1 aromatic heterocycles. The van der Waals surface area contributed by atoms with Crippen molar-refractivity contribution in [2.24, 2.45) is 0 Å². The fraction of sp³-hybridized carbons (Fsp3) is 0.214. The van der Waals surface area contributed by atoms with E-state index < -0.39 is 11.8 Å². The summed E-state index contributed by atoms with van der Waals surface area (Å²) >= 11 is 16.7. The molecule has 0 bridgehead atoms. The molecule has 2 aromatic carbocycles. The molecule has 0 atom stereocenters. The molecule has 0 aliphatic heterocycles. The normalized spacial score (nSPS) is 10.9. The van der Waals surface area contributed by atoms with Crippen LogP contribution in [0.25, 0.3) is 6.08 Å². The summed E-state index contributed by atoms with van der Waals surface area (Å²) in [6, 6.07) is 12.4. The number of carbonyl (C=O) groups excluding carboxylic acids is 2. The molecule has 0 fully saturated rings. The molecule has 11 heteroatoms. The lowest BCUT2D eigenvalue weighted by Crippen LogP contribution is -2.05. The SMILES string of the molecule is CCOC(=O)c1sc(CC(=O)/C(C#N)=C/c2cc(OC)c(OCc3ccc(Cl)cc3Cl)cc2Br)c(C#N)c1C. The summed E-state index contributed by atoms with van der Waals surface area (Å²) in [6.07, 6.45) is 1.21. The second kappa shape index (κ2) is 13.6. The van der Waals surface area contributed by atoms with Crippen molar-refractivity contribution in [1.82, 2.24) is 0 Å². The van der Waals surface area contributed by atoms with Gasteiger partial charge in [0.25, 0.3) is 0 Å². The number of rotatable bonds is 10. The number of ketones is 1. The van der Waals surface area contributed by atoms with E-state index in [1.165, 1.54) is 13.2 Å². The highest BCUT2D eigenvalue weighted by Crippen LogP contribution is 2.36. The van der Waals surface area contributed by atoms with Crippen LogP contribution in [0, 0.1) is 29.6 Å². The van der Waals surface area contributed by atoms with Crippen LogP contribution in [0.3, 0.4) is 0 Å². The highest BCUT2D eigenvalue weighted by atomic mass is 79.9. The maximum atomic E-state index is 13.1. The number of methoxy groups -OCH3 is 1. The van der Waals surface area contributed by atoms with Crippen LogP contribution in [-0.4, -0.2) is 25.5 Å². The minimum Gasteiger partial charge on any atom is -0.493 e. The third-order valence-electron chi connectivity index (χ3n) is 5.52. The summed E-state index contributed by atoms with van der Waals surface area (Å²) in [4.78, 5) is 26.0. The molecule has 0 N–H and O–H groups in total. The number of ether oxygens (including phenoxy) is 3. The van der Waals surface area contributed by atoms with E-state index in [1.54, 1.807) is 44.2 Å². The smallest absolute Gasteiger partial charge is 0.348 e.